The van der Waals surface area contributed by atoms with Gasteiger partial charge in [0.2, 0.25) is 10.0 Å². The molecule has 0 bridgehead atoms. The Kier molecular flexibility index (Phi) is 4.65. The molecular weight excluding hydrogens is 386 g/mol. The Morgan fingerprint density at radius 3 is 2.63 bits per heavy atom. The van der Waals surface area contributed by atoms with E-state index in [1.165, 1.54) is 6.20 Å². The van der Waals surface area contributed by atoms with Crippen LogP contribution in [0.4, 0.5) is 0 Å². The van der Waals surface area contributed by atoms with Crippen molar-refractivity contribution < 1.29 is 17.5 Å². The maximum Gasteiger partial charge on any atom is 0.250 e. The van der Waals surface area contributed by atoms with Gasteiger partial charge in [0.05, 0.1) is 11.1 Å². The monoisotopic (exact) mass is 401 g/mol. The molecule has 27 heavy (non-hydrogen) atoms. The van der Waals surface area contributed by atoms with Gasteiger partial charge in [0.25, 0.3) is 0 Å². The van der Waals surface area contributed by atoms with Gasteiger partial charge in [-0.05, 0) is 19.1 Å². The summed E-state index contributed by atoms with van der Waals surface area (Å²) >= 11 is 1.12. The quantitative estimate of drug-likeness (QED) is 0.527. The van der Waals surface area contributed by atoms with E-state index in [1.54, 1.807) is 25.1 Å². The van der Waals surface area contributed by atoms with Crippen molar-refractivity contribution >= 4 is 21.4 Å². The van der Waals surface area contributed by atoms with Crippen LogP contribution in [0.1, 0.15) is 11.3 Å². The van der Waals surface area contributed by atoms with Crippen molar-refractivity contribution in [1.29, 1.82) is 0 Å². The van der Waals surface area contributed by atoms with Crippen LogP contribution >= 0.6 is 11.3 Å². The molecule has 0 aliphatic carbocycles. The van der Waals surface area contributed by atoms with Gasteiger partial charge in [-0.3, -0.25) is 0 Å². The molecule has 0 saturated heterocycles. The summed E-state index contributed by atoms with van der Waals surface area (Å²) in [5.74, 6) is 1.10. The van der Waals surface area contributed by atoms with Gasteiger partial charge >= 0.3 is 0 Å². The molecule has 0 aliphatic rings. The van der Waals surface area contributed by atoms with E-state index in [1.807, 2.05) is 30.3 Å². The zero-order chi connectivity index (χ0) is 18.9. The lowest BCUT2D eigenvalue weighted by molar-refractivity contribution is 0.398. The first-order valence-electron chi connectivity index (χ1n) is 8.06. The van der Waals surface area contributed by atoms with E-state index >= 15 is 0 Å². The Morgan fingerprint density at radius 2 is 1.89 bits per heavy atom. The Hall–Kier alpha value is -2.75. The Balaban J connectivity index is 1.56. The van der Waals surface area contributed by atoms with Crippen LogP contribution in [-0.2, 0) is 16.6 Å². The second-order valence-electron chi connectivity index (χ2n) is 5.75. The molecule has 138 valence electrons. The molecular formula is C18H15N3O4S2. The lowest BCUT2D eigenvalue weighted by Gasteiger charge is -2.06. The lowest BCUT2D eigenvalue weighted by atomic mass is 10.1. The SMILES string of the molecule is Cc1onc(-c2ccccc2)c1CNS(=O)(=O)c1ccc(-c2ccno2)s1. The number of rotatable bonds is 6. The number of aromatic nitrogens is 2. The number of sulfonamides is 1. The van der Waals surface area contributed by atoms with Crippen molar-refractivity contribution in [3.05, 3.63) is 66.1 Å². The molecule has 3 aromatic heterocycles. The standard InChI is InChI=1S/C18H15N3O4S2/c1-12-14(18(21-24-12)13-5-3-2-4-6-13)11-20-27(22,23)17-8-7-16(26-17)15-9-10-19-25-15/h2-10,20H,11H2,1H3. The molecule has 9 heteroatoms. The number of benzene rings is 1. The molecule has 0 aliphatic heterocycles. The summed E-state index contributed by atoms with van der Waals surface area (Å²) < 4.78 is 38.5. The number of hydrogen-bond donors (Lipinski definition) is 1. The summed E-state index contributed by atoms with van der Waals surface area (Å²) in [5.41, 5.74) is 2.20. The molecule has 3 heterocycles. The second kappa shape index (κ2) is 7.10. The maximum atomic E-state index is 12.7. The van der Waals surface area contributed by atoms with Crippen LogP contribution in [0.15, 0.2) is 68.0 Å². The zero-order valence-electron chi connectivity index (χ0n) is 14.2. The fourth-order valence-corrected chi connectivity index (χ4v) is 4.90. The molecule has 4 aromatic rings. The van der Waals surface area contributed by atoms with Crippen LogP contribution in [-0.4, -0.2) is 18.7 Å². The van der Waals surface area contributed by atoms with Gasteiger partial charge in [-0.2, -0.15) is 0 Å². The summed E-state index contributed by atoms with van der Waals surface area (Å²) in [6.07, 6.45) is 1.52. The van der Waals surface area contributed by atoms with Gasteiger partial charge in [-0.15, -0.1) is 11.3 Å². The Labute approximate surface area is 159 Å². The number of thiophene rings is 1. The molecule has 0 unspecified atom stereocenters. The summed E-state index contributed by atoms with van der Waals surface area (Å²) in [5, 5.41) is 7.71. The molecule has 1 aromatic carbocycles. The summed E-state index contributed by atoms with van der Waals surface area (Å²) in [6.45, 7) is 1.84. The van der Waals surface area contributed by atoms with E-state index < -0.39 is 10.0 Å². The van der Waals surface area contributed by atoms with Crippen LogP contribution in [0.25, 0.3) is 21.9 Å². The van der Waals surface area contributed by atoms with E-state index in [0.717, 1.165) is 16.9 Å². The highest BCUT2D eigenvalue weighted by molar-refractivity contribution is 7.91. The third-order valence-electron chi connectivity index (χ3n) is 4.00. The molecule has 7 nitrogen and oxygen atoms in total. The number of nitrogens with one attached hydrogen (secondary N) is 1. The predicted molar refractivity (Wildman–Crippen MR) is 101 cm³/mol. The fourth-order valence-electron chi connectivity index (χ4n) is 2.60. The van der Waals surface area contributed by atoms with Gasteiger partial charge < -0.3 is 9.05 Å². The van der Waals surface area contributed by atoms with Gasteiger partial charge in [-0.25, -0.2) is 13.1 Å². The first-order valence-corrected chi connectivity index (χ1v) is 10.4. The maximum absolute atomic E-state index is 12.7. The van der Waals surface area contributed by atoms with Gasteiger partial charge in [0, 0.05) is 23.7 Å². The third kappa shape index (κ3) is 3.57. The van der Waals surface area contributed by atoms with Crippen molar-refractivity contribution in [2.45, 2.75) is 17.7 Å². The summed E-state index contributed by atoms with van der Waals surface area (Å²) in [7, 11) is -3.69. The third-order valence-corrected chi connectivity index (χ3v) is 6.99. The smallest absolute Gasteiger partial charge is 0.250 e. The largest absolute Gasteiger partial charge is 0.361 e. The first-order chi connectivity index (χ1) is 13.0. The molecule has 0 amide bonds. The fraction of sp³-hybridized carbons (Fsp3) is 0.111. The van der Waals surface area contributed by atoms with Crippen LogP contribution in [0, 0.1) is 6.92 Å². The molecule has 0 atom stereocenters. The summed E-state index contributed by atoms with van der Waals surface area (Å²) in [6, 6.07) is 14.4. The number of aryl methyl sites for hydroxylation is 1. The van der Waals surface area contributed by atoms with Crippen LogP contribution in [0.3, 0.4) is 0 Å². The lowest BCUT2D eigenvalue weighted by Crippen LogP contribution is -2.22. The van der Waals surface area contributed by atoms with Crippen molar-refractivity contribution in [2.24, 2.45) is 0 Å². The average molecular weight is 401 g/mol. The van der Waals surface area contributed by atoms with Gasteiger partial charge in [0.1, 0.15) is 15.7 Å². The second-order valence-corrected chi connectivity index (χ2v) is 8.83. The van der Waals surface area contributed by atoms with E-state index in [-0.39, 0.29) is 10.8 Å². The highest BCUT2D eigenvalue weighted by atomic mass is 32.2. The predicted octanol–water partition coefficient (Wildman–Crippen LogP) is 3.85. The van der Waals surface area contributed by atoms with Crippen LogP contribution < -0.4 is 4.72 Å². The van der Waals surface area contributed by atoms with E-state index in [4.69, 9.17) is 9.05 Å². The number of hydrogen-bond acceptors (Lipinski definition) is 7. The Bertz CT molecular complexity index is 1150. The van der Waals surface area contributed by atoms with Gasteiger partial charge in [0.15, 0.2) is 5.76 Å². The van der Waals surface area contributed by atoms with Gasteiger partial charge in [-0.1, -0.05) is 40.6 Å². The minimum absolute atomic E-state index is 0.0808. The zero-order valence-corrected chi connectivity index (χ0v) is 15.9. The normalized spacial score (nSPS) is 11.7. The van der Waals surface area contributed by atoms with Crippen molar-refractivity contribution in [2.75, 3.05) is 0 Å². The van der Waals surface area contributed by atoms with Crippen molar-refractivity contribution in [3.8, 4) is 21.9 Å². The van der Waals surface area contributed by atoms with Crippen LogP contribution in [0.5, 0.6) is 0 Å². The molecule has 0 radical (unpaired) electrons. The molecule has 4 rings (SSSR count). The average Bonchev–Trinajstić information content (AvgIpc) is 3.41. The summed E-state index contributed by atoms with van der Waals surface area (Å²) in [4.78, 5) is 0.694. The molecule has 0 fully saturated rings. The van der Waals surface area contributed by atoms with Crippen LogP contribution in [0.2, 0.25) is 0 Å². The first kappa shape index (κ1) is 17.7. The topological polar surface area (TPSA) is 98.2 Å². The van der Waals surface area contributed by atoms with E-state index in [2.05, 4.69) is 15.0 Å². The minimum atomic E-state index is -3.69. The molecule has 0 saturated carbocycles. The molecule has 0 spiro atoms. The van der Waals surface area contributed by atoms with Crippen molar-refractivity contribution in [1.82, 2.24) is 15.0 Å². The number of nitrogens with zero attached hydrogens (tertiary/aromatic N) is 2. The highest BCUT2D eigenvalue weighted by Gasteiger charge is 2.21. The van der Waals surface area contributed by atoms with E-state index in [9.17, 15) is 8.42 Å². The van der Waals surface area contributed by atoms with Crippen molar-refractivity contribution in [3.63, 3.8) is 0 Å². The Morgan fingerprint density at radius 1 is 1.07 bits per heavy atom. The minimum Gasteiger partial charge on any atom is -0.361 e. The molecule has 1 N–H and O–H groups in total. The van der Waals surface area contributed by atoms with E-state index in [0.29, 0.717) is 27.7 Å². The highest BCUT2D eigenvalue weighted by Crippen LogP contribution is 2.31.